The van der Waals surface area contributed by atoms with Crippen LogP contribution in [-0.4, -0.2) is 34.3 Å². The monoisotopic (exact) mass is 463 g/mol. The summed E-state index contributed by atoms with van der Waals surface area (Å²) in [5.41, 5.74) is 10.1. The van der Waals surface area contributed by atoms with E-state index < -0.39 is 13.4 Å². The Bertz CT molecular complexity index is 936. The minimum atomic E-state index is -4.58. The lowest BCUT2D eigenvalue weighted by atomic mass is 9.97. The van der Waals surface area contributed by atoms with Crippen molar-refractivity contribution >= 4 is 13.6 Å². The zero-order valence-electron chi connectivity index (χ0n) is 19.0. The summed E-state index contributed by atoms with van der Waals surface area (Å²) in [6.07, 6.45) is 2.94. The van der Waals surface area contributed by atoms with Crippen LogP contribution in [0.4, 0.5) is 0 Å². The Hall–Kier alpha value is -1.86. The number of aryl methyl sites for hydroxylation is 3. The van der Waals surface area contributed by atoms with Gasteiger partial charge < -0.3 is 20.3 Å². The van der Waals surface area contributed by atoms with Crippen molar-refractivity contribution in [2.75, 3.05) is 13.2 Å². The molecule has 0 saturated heterocycles. The first-order chi connectivity index (χ1) is 15.0. The molecule has 1 atom stereocenters. The van der Waals surface area contributed by atoms with Gasteiger partial charge in [0.2, 0.25) is 0 Å². The molecular weight excluding hydrogens is 429 g/mol. The fourth-order valence-electron chi connectivity index (χ4n) is 3.29. The largest absolute Gasteiger partial charge is 0.469 e. The molecule has 0 aromatic heterocycles. The first kappa shape index (κ1) is 26.4. The van der Waals surface area contributed by atoms with Crippen LogP contribution < -0.4 is 5.73 Å². The van der Waals surface area contributed by atoms with Crippen molar-refractivity contribution in [1.29, 1.82) is 0 Å². The van der Waals surface area contributed by atoms with Gasteiger partial charge in [-0.25, -0.2) is 4.57 Å². The Balaban J connectivity index is 1.87. The predicted octanol–water partition coefficient (Wildman–Crippen LogP) is 4.11. The molecule has 4 N–H and O–H groups in total. The maximum Gasteiger partial charge on any atom is 0.469 e. The third-order valence-electron chi connectivity index (χ3n) is 5.15. The van der Waals surface area contributed by atoms with Crippen LogP contribution in [0.2, 0.25) is 0 Å². The molecule has 0 aliphatic carbocycles. The lowest BCUT2D eigenvalue weighted by Crippen LogP contribution is -2.45. The van der Waals surface area contributed by atoms with Gasteiger partial charge in [-0.1, -0.05) is 48.9 Å². The van der Waals surface area contributed by atoms with Crippen molar-refractivity contribution in [3.05, 3.63) is 70.3 Å². The van der Waals surface area contributed by atoms with Crippen molar-refractivity contribution in [2.24, 2.45) is 5.73 Å². The molecule has 0 amide bonds. The second kappa shape index (κ2) is 11.8. The number of ether oxygens (including phenoxy) is 1. The van der Waals surface area contributed by atoms with E-state index in [0.29, 0.717) is 12.0 Å². The lowest BCUT2D eigenvalue weighted by molar-refractivity contribution is 0.0509. The third-order valence-corrected chi connectivity index (χ3v) is 5.62. The van der Waals surface area contributed by atoms with Gasteiger partial charge in [-0.05, 0) is 55.9 Å². The van der Waals surface area contributed by atoms with E-state index in [9.17, 15) is 9.36 Å². The lowest BCUT2D eigenvalue weighted by Gasteiger charge is -2.24. The molecule has 176 valence electrons. The van der Waals surface area contributed by atoms with Gasteiger partial charge in [-0.15, -0.1) is 0 Å². The number of Topliss-reactive ketones (excluding diaryl/α,β-unsaturated/α-hetero) is 1. The summed E-state index contributed by atoms with van der Waals surface area (Å²) in [5.74, 6) is 0.128. The number of rotatable bonds is 13. The van der Waals surface area contributed by atoms with Crippen LogP contribution in [0.15, 0.2) is 42.5 Å². The fraction of sp³-hybridized carbons (Fsp3) is 0.458. The summed E-state index contributed by atoms with van der Waals surface area (Å²) < 4.78 is 21.0. The van der Waals surface area contributed by atoms with Crippen LogP contribution in [0.25, 0.3) is 0 Å². The molecule has 8 heteroatoms. The zero-order chi connectivity index (χ0) is 23.8. The molecule has 32 heavy (non-hydrogen) atoms. The summed E-state index contributed by atoms with van der Waals surface area (Å²) in [4.78, 5) is 30.3. The van der Waals surface area contributed by atoms with E-state index in [1.165, 1.54) is 11.1 Å². The molecule has 7 nitrogen and oxygen atoms in total. The van der Waals surface area contributed by atoms with Gasteiger partial charge in [0, 0.05) is 12.0 Å². The summed E-state index contributed by atoms with van der Waals surface area (Å²) in [5, 5.41) is 0. The summed E-state index contributed by atoms with van der Waals surface area (Å²) in [6, 6.07) is 14.0. The molecule has 0 fully saturated rings. The van der Waals surface area contributed by atoms with E-state index in [1.54, 1.807) is 6.92 Å². The van der Waals surface area contributed by atoms with Crippen molar-refractivity contribution < 1.29 is 28.4 Å². The standard InChI is InChI=1S/C24H34NO6P/c1-4-20-14-21(23(26)7-5-6-19-10-8-18(2)9-11-19)12-13-22(20)15-30-16-24(3,25)17-31-32(27,28)29/h8-14H,4-7,15-17,25H2,1-3H3,(H2,27,28,29)/t24-/m1/s1. The number of hydrogen-bond donors (Lipinski definition) is 3. The van der Waals surface area contributed by atoms with Gasteiger partial charge in [-0.3, -0.25) is 9.32 Å². The van der Waals surface area contributed by atoms with Crippen LogP contribution in [0, 0.1) is 6.92 Å². The Labute approximate surface area is 190 Å². The van der Waals surface area contributed by atoms with Crippen molar-refractivity contribution in [1.82, 2.24) is 0 Å². The van der Waals surface area contributed by atoms with Gasteiger partial charge in [0.25, 0.3) is 0 Å². The van der Waals surface area contributed by atoms with E-state index >= 15 is 0 Å². The van der Waals surface area contributed by atoms with E-state index in [1.807, 2.05) is 25.1 Å². The van der Waals surface area contributed by atoms with Gasteiger partial charge in [0.15, 0.2) is 5.78 Å². The molecule has 2 rings (SSSR count). The molecule has 0 unspecified atom stereocenters. The van der Waals surface area contributed by atoms with Crippen molar-refractivity contribution in [2.45, 2.75) is 58.6 Å². The predicted molar refractivity (Wildman–Crippen MR) is 125 cm³/mol. The maximum atomic E-state index is 12.6. The number of phosphoric ester groups is 1. The third kappa shape index (κ3) is 9.33. The van der Waals surface area contributed by atoms with Crippen LogP contribution in [0.5, 0.6) is 0 Å². The number of benzene rings is 2. The number of carbonyl (C=O) groups is 1. The van der Waals surface area contributed by atoms with E-state index in [-0.39, 0.29) is 25.6 Å². The highest BCUT2D eigenvalue weighted by Gasteiger charge is 2.25. The molecular formula is C24H34NO6P. The maximum absolute atomic E-state index is 12.6. The van der Waals surface area contributed by atoms with Crippen LogP contribution in [0.1, 0.15) is 59.3 Å². The topological polar surface area (TPSA) is 119 Å². The highest BCUT2D eigenvalue weighted by molar-refractivity contribution is 7.46. The van der Waals surface area contributed by atoms with Crippen molar-refractivity contribution in [3.8, 4) is 0 Å². The molecule has 0 aliphatic heterocycles. The Morgan fingerprint density at radius 1 is 1.09 bits per heavy atom. The molecule has 0 bridgehead atoms. The first-order valence-electron chi connectivity index (χ1n) is 10.8. The number of nitrogens with two attached hydrogens (primary N) is 1. The molecule has 0 heterocycles. The number of carbonyl (C=O) groups excluding carboxylic acids is 1. The quantitative estimate of drug-likeness (QED) is 0.302. The average Bonchev–Trinajstić information content (AvgIpc) is 2.73. The van der Waals surface area contributed by atoms with Crippen LogP contribution >= 0.6 is 7.82 Å². The van der Waals surface area contributed by atoms with Gasteiger partial charge >= 0.3 is 7.82 Å². The van der Waals surface area contributed by atoms with Crippen LogP contribution in [0.3, 0.4) is 0 Å². The fourth-order valence-corrected chi connectivity index (χ4v) is 3.75. The molecule has 0 aliphatic rings. The minimum Gasteiger partial charge on any atom is -0.375 e. The van der Waals surface area contributed by atoms with E-state index in [4.69, 9.17) is 20.3 Å². The second-order valence-corrected chi connectivity index (χ2v) is 9.75. The van der Waals surface area contributed by atoms with Gasteiger partial charge in [0.1, 0.15) is 0 Å². The SMILES string of the molecule is CCc1cc(C(=O)CCCc2ccc(C)cc2)ccc1COC[C@@](C)(N)COP(=O)(O)O. The summed E-state index contributed by atoms with van der Waals surface area (Å²) in [7, 11) is -4.58. The molecule has 0 saturated carbocycles. The molecule has 2 aromatic rings. The highest BCUT2D eigenvalue weighted by atomic mass is 31.2. The van der Waals surface area contributed by atoms with E-state index in [0.717, 1.165) is 30.4 Å². The number of ketones is 1. The zero-order valence-corrected chi connectivity index (χ0v) is 19.9. The molecule has 0 radical (unpaired) electrons. The Morgan fingerprint density at radius 2 is 1.78 bits per heavy atom. The van der Waals surface area contributed by atoms with Gasteiger partial charge in [0.05, 0.1) is 25.4 Å². The highest BCUT2D eigenvalue weighted by Crippen LogP contribution is 2.36. The summed E-state index contributed by atoms with van der Waals surface area (Å²) in [6.45, 7) is 5.70. The summed E-state index contributed by atoms with van der Waals surface area (Å²) >= 11 is 0. The molecule has 0 spiro atoms. The van der Waals surface area contributed by atoms with E-state index in [2.05, 4.69) is 35.7 Å². The normalized spacial score (nSPS) is 13.7. The first-order valence-corrected chi connectivity index (χ1v) is 12.3. The smallest absolute Gasteiger partial charge is 0.375 e. The number of hydrogen-bond acceptors (Lipinski definition) is 5. The Kier molecular flexibility index (Phi) is 9.77. The van der Waals surface area contributed by atoms with Gasteiger partial charge in [-0.2, -0.15) is 0 Å². The second-order valence-electron chi connectivity index (χ2n) is 8.51. The van der Waals surface area contributed by atoms with Crippen molar-refractivity contribution in [3.63, 3.8) is 0 Å². The Morgan fingerprint density at radius 3 is 2.41 bits per heavy atom. The number of phosphoric acid groups is 1. The van der Waals surface area contributed by atoms with Crippen LogP contribution in [-0.2, 0) is 33.3 Å². The molecule has 2 aromatic carbocycles. The average molecular weight is 464 g/mol. The minimum absolute atomic E-state index is 0.0653.